The molecule has 1 nitrogen and oxygen atoms in total. The van der Waals surface area contributed by atoms with Crippen LogP contribution < -0.4 is 0 Å². The molecule has 2 rings (SSSR count). The van der Waals surface area contributed by atoms with Crippen molar-refractivity contribution in [3.8, 4) is 0 Å². The van der Waals surface area contributed by atoms with E-state index in [1.165, 1.54) is 6.42 Å². The predicted molar refractivity (Wildman–Crippen MR) is 62.5 cm³/mol. The molecule has 1 aromatic rings. The summed E-state index contributed by atoms with van der Waals surface area (Å²) in [5.41, 5.74) is 0.281. The second-order valence-corrected chi connectivity index (χ2v) is 4.36. The maximum atomic E-state index is 10.5. The van der Waals surface area contributed by atoms with Gasteiger partial charge in [-0.25, -0.2) is 0 Å². The molecule has 2 unspecified atom stereocenters. The summed E-state index contributed by atoms with van der Waals surface area (Å²) in [5.74, 6) is 0.647. The predicted octanol–water partition coefficient (Wildman–Crippen LogP) is 3.25. The van der Waals surface area contributed by atoms with Gasteiger partial charge in [0.1, 0.15) is 5.60 Å². The van der Waals surface area contributed by atoms with E-state index in [0.717, 1.165) is 18.4 Å². The topological polar surface area (TPSA) is 20.2 Å². The first-order valence-corrected chi connectivity index (χ1v) is 5.72. The number of benzene rings is 1. The highest BCUT2D eigenvalue weighted by molar-refractivity contribution is 5.28. The van der Waals surface area contributed by atoms with Gasteiger partial charge in [-0.2, -0.15) is 0 Å². The van der Waals surface area contributed by atoms with Gasteiger partial charge in [0.05, 0.1) is 0 Å². The van der Waals surface area contributed by atoms with E-state index in [1.54, 1.807) is 0 Å². The third kappa shape index (κ3) is 2.13. The van der Waals surface area contributed by atoms with Crippen molar-refractivity contribution in [2.45, 2.75) is 31.8 Å². The van der Waals surface area contributed by atoms with Crippen molar-refractivity contribution in [3.05, 3.63) is 48.0 Å². The van der Waals surface area contributed by atoms with Crippen molar-refractivity contribution in [3.63, 3.8) is 0 Å². The lowest BCUT2D eigenvalue weighted by Gasteiger charge is -2.31. The van der Waals surface area contributed by atoms with Gasteiger partial charge in [0.15, 0.2) is 0 Å². The van der Waals surface area contributed by atoms with Gasteiger partial charge >= 0.3 is 0 Å². The fraction of sp³-hybridized carbons (Fsp3) is 0.429. The molecule has 0 amide bonds. The van der Waals surface area contributed by atoms with Crippen molar-refractivity contribution >= 4 is 0 Å². The van der Waals surface area contributed by atoms with Gasteiger partial charge in [-0.1, -0.05) is 49.4 Å². The van der Waals surface area contributed by atoms with Crippen LogP contribution in [0.1, 0.15) is 31.7 Å². The number of aliphatic hydroxyl groups is 1. The Kier molecular flexibility index (Phi) is 2.92. The standard InChI is InChI=1S/C14H18O/c1-2-12-8-10-14(15,11-9-12)13-6-4-3-5-7-13/h3-8,10,12,15H,2,9,11H2,1H3. The quantitative estimate of drug-likeness (QED) is 0.730. The van der Waals surface area contributed by atoms with Gasteiger partial charge < -0.3 is 5.11 Å². The van der Waals surface area contributed by atoms with E-state index in [2.05, 4.69) is 13.0 Å². The lowest BCUT2D eigenvalue weighted by Crippen LogP contribution is -2.26. The molecule has 0 radical (unpaired) electrons. The van der Waals surface area contributed by atoms with E-state index in [0.29, 0.717) is 5.92 Å². The average Bonchev–Trinajstić information content (AvgIpc) is 2.31. The first-order valence-electron chi connectivity index (χ1n) is 5.72. The van der Waals surface area contributed by atoms with Gasteiger partial charge in [-0.15, -0.1) is 0 Å². The van der Waals surface area contributed by atoms with Crippen molar-refractivity contribution in [2.75, 3.05) is 0 Å². The Morgan fingerprint density at radius 2 is 2.07 bits per heavy atom. The molecule has 0 aromatic heterocycles. The normalized spacial score (nSPS) is 30.4. The van der Waals surface area contributed by atoms with E-state index in [4.69, 9.17) is 0 Å². The second-order valence-electron chi connectivity index (χ2n) is 4.36. The minimum Gasteiger partial charge on any atom is -0.381 e. The third-order valence-corrected chi connectivity index (χ3v) is 3.34. The van der Waals surface area contributed by atoms with Crippen LogP contribution in [0.4, 0.5) is 0 Å². The molecule has 0 bridgehead atoms. The summed E-state index contributed by atoms with van der Waals surface area (Å²) in [6, 6.07) is 9.93. The summed E-state index contributed by atoms with van der Waals surface area (Å²) in [6.07, 6.45) is 7.22. The van der Waals surface area contributed by atoms with Crippen LogP contribution in [0.25, 0.3) is 0 Å². The Bertz CT molecular complexity index is 342. The molecule has 0 fully saturated rings. The molecule has 0 spiro atoms. The van der Waals surface area contributed by atoms with Gasteiger partial charge in [0.2, 0.25) is 0 Å². The Balaban J connectivity index is 2.23. The minimum absolute atomic E-state index is 0.647. The molecule has 1 heteroatoms. The lowest BCUT2D eigenvalue weighted by molar-refractivity contribution is 0.0660. The van der Waals surface area contributed by atoms with Crippen LogP contribution in [0.2, 0.25) is 0 Å². The highest BCUT2D eigenvalue weighted by Gasteiger charge is 2.29. The monoisotopic (exact) mass is 202 g/mol. The molecule has 0 heterocycles. The number of rotatable bonds is 2. The van der Waals surface area contributed by atoms with Crippen LogP contribution in [0.3, 0.4) is 0 Å². The van der Waals surface area contributed by atoms with Gasteiger partial charge in [0, 0.05) is 0 Å². The van der Waals surface area contributed by atoms with Crippen LogP contribution in [0, 0.1) is 5.92 Å². The molecule has 1 aliphatic rings. The van der Waals surface area contributed by atoms with E-state index in [9.17, 15) is 5.11 Å². The Labute approximate surface area is 91.4 Å². The Morgan fingerprint density at radius 1 is 1.33 bits per heavy atom. The third-order valence-electron chi connectivity index (χ3n) is 3.34. The summed E-state index contributed by atoms with van der Waals surface area (Å²) in [6.45, 7) is 2.20. The van der Waals surface area contributed by atoms with E-state index in [-0.39, 0.29) is 0 Å². The fourth-order valence-corrected chi connectivity index (χ4v) is 2.19. The smallest absolute Gasteiger partial charge is 0.108 e. The second kappa shape index (κ2) is 4.19. The van der Waals surface area contributed by atoms with Crippen molar-refractivity contribution in [1.82, 2.24) is 0 Å². The van der Waals surface area contributed by atoms with Crippen LogP contribution in [-0.2, 0) is 5.60 Å². The summed E-state index contributed by atoms with van der Waals surface area (Å²) in [4.78, 5) is 0. The molecule has 1 aliphatic carbocycles. The molecule has 15 heavy (non-hydrogen) atoms. The summed E-state index contributed by atoms with van der Waals surface area (Å²) < 4.78 is 0. The maximum absolute atomic E-state index is 10.5. The lowest BCUT2D eigenvalue weighted by atomic mass is 9.80. The van der Waals surface area contributed by atoms with Crippen molar-refractivity contribution < 1.29 is 5.11 Å². The number of allylic oxidation sites excluding steroid dienone is 1. The van der Waals surface area contributed by atoms with Crippen molar-refractivity contribution in [1.29, 1.82) is 0 Å². The summed E-state index contributed by atoms with van der Waals surface area (Å²) >= 11 is 0. The largest absolute Gasteiger partial charge is 0.381 e. The molecule has 0 saturated heterocycles. The maximum Gasteiger partial charge on any atom is 0.108 e. The van der Waals surface area contributed by atoms with Gasteiger partial charge in [-0.3, -0.25) is 0 Å². The highest BCUT2D eigenvalue weighted by atomic mass is 16.3. The van der Waals surface area contributed by atoms with Gasteiger partial charge in [0.25, 0.3) is 0 Å². The zero-order valence-corrected chi connectivity index (χ0v) is 9.19. The number of hydrogen-bond acceptors (Lipinski definition) is 1. The molecule has 1 N–H and O–H groups in total. The summed E-state index contributed by atoms with van der Waals surface area (Å²) in [5, 5.41) is 10.5. The molecule has 0 aliphatic heterocycles. The first-order chi connectivity index (χ1) is 7.24. The molecule has 2 atom stereocenters. The fourth-order valence-electron chi connectivity index (χ4n) is 2.19. The zero-order valence-electron chi connectivity index (χ0n) is 9.19. The molecule has 80 valence electrons. The minimum atomic E-state index is -0.729. The molecular weight excluding hydrogens is 184 g/mol. The molecule has 0 saturated carbocycles. The Morgan fingerprint density at radius 3 is 2.60 bits per heavy atom. The van der Waals surface area contributed by atoms with Crippen LogP contribution >= 0.6 is 0 Å². The molecular formula is C14H18O. The van der Waals surface area contributed by atoms with E-state index in [1.807, 2.05) is 36.4 Å². The average molecular weight is 202 g/mol. The van der Waals surface area contributed by atoms with E-state index < -0.39 is 5.60 Å². The SMILES string of the molecule is CCC1C=CC(O)(c2ccccc2)CC1. The summed E-state index contributed by atoms with van der Waals surface area (Å²) in [7, 11) is 0. The van der Waals surface area contributed by atoms with Crippen molar-refractivity contribution in [2.24, 2.45) is 5.92 Å². The van der Waals surface area contributed by atoms with Crippen LogP contribution in [0.5, 0.6) is 0 Å². The van der Waals surface area contributed by atoms with Crippen LogP contribution in [-0.4, -0.2) is 5.11 Å². The van der Waals surface area contributed by atoms with E-state index >= 15 is 0 Å². The highest BCUT2D eigenvalue weighted by Crippen LogP contribution is 2.35. The number of hydrogen-bond donors (Lipinski definition) is 1. The zero-order chi connectivity index (χ0) is 10.7. The first kappa shape index (κ1) is 10.4. The van der Waals surface area contributed by atoms with Gasteiger partial charge in [-0.05, 0) is 30.7 Å². The Hall–Kier alpha value is -1.08. The van der Waals surface area contributed by atoms with Crippen LogP contribution in [0.15, 0.2) is 42.5 Å². The molecule has 1 aromatic carbocycles.